The van der Waals surface area contributed by atoms with Gasteiger partial charge in [0.2, 0.25) is 5.91 Å². The molecule has 25 heavy (non-hydrogen) atoms. The highest BCUT2D eigenvalue weighted by atomic mass is 16.2. The van der Waals surface area contributed by atoms with Crippen LogP contribution in [0.15, 0.2) is 24.3 Å². The zero-order chi connectivity index (χ0) is 17.2. The molecule has 2 aliphatic heterocycles. The van der Waals surface area contributed by atoms with Crippen LogP contribution in [0.2, 0.25) is 0 Å². The van der Waals surface area contributed by atoms with Crippen molar-refractivity contribution in [3.05, 3.63) is 24.3 Å². The van der Waals surface area contributed by atoms with Crippen molar-refractivity contribution in [3.8, 4) is 0 Å². The molecule has 0 bridgehead atoms. The SMILES string of the molecule is O=C(NC[C@@H]1CC(=O)N(C2CC2)C1)Nc1ccccc1N1CCCC1. The smallest absolute Gasteiger partial charge is 0.319 e. The molecule has 2 N–H and O–H groups in total. The molecule has 2 heterocycles. The number of carbonyl (C=O) groups excluding carboxylic acids is 2. The minimum absolute atomic E-state index is 0.191. The number of carbonyl (C=O) groups is 2. The molecule has 1 saturated carbocycles. The summed E-state index contributed by atoms with van der Waals surface area (Å²) in [5.41, 5.74) is 1.94. The third-order valence-electron chi connectivity index (χ3n) is 5.38. The highest BCUT2D eigenvalue weighted by Gasteiger charge is 2.39. The molecule has 6 heteroatoms. The van der Waals surface area contributed by atoms with E-state index < -0.39 is 0 Å². The van der Waals surface area contributed by atoms with E-state index >= 15 is 0 Å². The first-order valence-electron chi connectivity index (χ1n) is 9.39. The van der Waals surface area contributed by atoms with E-state index in [0.717, 1.165) is 43.9 Å². The molecule has 3 fully saturated rings. The van der Waals surface area contributed by atoms with E-state index in [1.165, 1.54) is 12.8 Å². The van der Waals surface area contributed by atoms with Crippen molar-refractivity contribution in [2.45, 2.75) is 38.1 Å². The maximum Gasteiger partial charge on any atom is 0.319 e. The summed E-state index contributed by atoms with van der Waals surface area (Å²) in [6, 6.07) is 8.24. The Morgan fingerprint density at radius 2 is 1.92 bits per heavy atom. The standard InChI is InChI=1S/C19H26N4O2/c24-18-11-14(13-23(18)15-7-8-15)12-20-19(25)21-16-5-1-2-6-17(16)22-9-3-4-10-22/h1-2,5-6,14-15H,3-4,7-13H2,(H2,20,21,25)/t14-/m0/s1. The van der Waals surface area contributed by atoms with Gasteiger partial charge in [-0.3, -0.25) is 4.79 Å². The van der Waals surface area contributed by atoms with E-state index in [1.54, 1.807) is 0 Å². The predicted molar refractivity (Wildman–Crippen MR) is 97.8 cm³/mol. The summed E-state index contributed by atoms with van der Waals surface area (Å²) >= 11 is 0. The normalized spacial score (nSPS) is 23.2. The molecular formula is C19H26N4O2. The first-order valence-corrected chi connectivity index (χ1v) is 9.39. The van der Waals surface area contributed by atoms with Crippen molar-refractivity contribution < 1.29 is 9.59 Å². The monoisotopic (exact) mass is 342 g/mol. The molecule has 0 radical (unpaired) electrons. The van der Waals surface area contributed by atoms with Gasteiger partial charge >= 0.3 is 6.03 Å². The quantitative estimate of drug-likeness (QED) is 0.864. The molecule has 2 saturated heterocycles. The van der Waals surface area contributed by atoms with Crippen LogP contribution in [-0.4, -0.2) is 49.1 Å². The first kappa shape index (κ1) is 16.2. The average molecular weight is 342 g/mol. The lowest BCUT2D eigenvalue weighted by molar-refractivity contribution is -0.128. The molecule has 1 atom stereocenters. The van der Waals surface area contributed by atoms with Gasteiger partial charge in [0.05, 0.1) is 11.4 Å². The number of nitrogens with zero attached hydrogens (tertiary/aromatic N) is 2. The Morgan fingerprint density at radius 3 is 2.68 bits per heavy atom. The van der Waals surface area contributed by atoms with Crippen molar-refractivity contribution >= 4 is 23.3 Å². The Hall–Kier alpha value is -2.24. The van der Waals surface area contributed by atoms with Gasteiger partial charge in [0.15, 0.2) is 0 Å². The van der Waals surface area contributed by atoms with Crippen LogP contribution in [-0.2, 0) is 4.79 Å². The number of hydrogen-bond donors (Lipinski definition) is 2. The molecule has 6 nitrogen and oxygen atoms in total. The number of urea groups is 1. The van der Waals surface area contributed by atoms with Crippen LogP contribution in [0.3, 0.4) is 0 Å². The van der Waals surface area contributed by atoms with Gasteiger partial charge in [0.1, 0.15) is 0 Å². The molecule has 0 spiro atoms. The highest BCUT2D eigenvalue weighted by Crippen LogP contribution is 2.32. The summed E-state index contributed by atoms with van der Waals surface area (Å²) in [4.78, 5) is 28.6. The molecule has 4 rings (SSSR count). The number of benzene rings is 1. The molecule has 3 aliphatic rings. The molecule has 0 aromatic heterocycles. The summed E-state index contributed by atoms with van der Waals surface area (Å²) in [6.45, 7) is 3.42. The van der Waals surface area contributed by atoms with Crippen LogP contribution in [0.1, 0.15) is 32.1 Å². The number of para-hydroxylation sites is 2. The summed E-state index contributed by atoms with van der Waals surface area (Å²) in [7, 11) is 0. The average Bonchev–Trinajstić information content (AvgIpc) is 3.16. The van der Waals surface area contributed by atoms with Crippen LogP contribution in [0, 0.1) is 5.92 Å². The maximum absolute atomic E-state index is 12.3. The zero-order valence-corrected chi connectivity index (χ0v) is 14.5. The summed E-state index contributed by atoms with van der Waals surface area (Å²) < 4.78 is 0. The van der Waals surface area contributed by atoms with E-state index in [4.69, 9.17) is 0 Å². The Bertz CT molecular complexity index is 653. The van der Waals surface area contributed by atoms with Gasteiger partial charge in [-0.15, -0.1) is 0 Å². The van der Waals surface area contributed by atoms with Crippen molar-refractivity contribution in [3.63, 3.8) is 0 Å². The Balaban J connectivity index is 1.30. The molecule has 134 valence electrons. The molecule has 3 amide bonds. The van der Waals surface area contributed by atoms with Gasteiger partial charge in [-0.25, -0.2) is 4.79 Å². The first-order chi connectivity index (χ1) is 12.2. The van der Waals surface area contributed by atoms with Crippen molar-refractivity contribution in [2.75, 3.05) is 36.4 Å². The second kappa shape index (κ2) is 6.94. The molecular weight excluding hydrogens is 316 g/mol. The fourth-order valence-corrected chi connectivity index (χ4v) is 3.90. The van der Waals surface area contributed by atoms with E-state index in [0.29, 0.717) is 19.0 Å². The fraction of sp³-hybridized carbons (Fsp3) is 0.579. The van der Waals surface area contributed by atoms with Crippen LogP contribution in [0.4, 0.5) is 16.2 Å². The summed E-state index contributed by atoms with van der Waals surface area (Å²) in [6.07, 6.45) is 5.24. The second-order valence-electron chi connectivity index (χ2n) is 7.39. The Morgan fingerprint density at radius 1 is 1.16 bits per heavy atom. The van der Waals surface area contributed by atoms with Crippen LogP contribution < -0.4 is 15.5 Å². The molecule has 1 aliphatic carbocycles. The van der Waals surface area contributed by atoms with Crippen LogP contribution in [0.25, 0.3) is 0 Å². The number of amides is 3. The number of anilines is 2. The third kappa shape index (κ3) is 3.72. The number of likely N-dealkylation sites (tertiary alicyclic amines) is 1. The minimum atomic E-state index is -0.191. The van der Waals surface area contributed by atoms with Gasteiger partial charge in [-0.05, 0) is 37.8 Å². The van der Waals surface area contributed by atoms with Gasteiger partial charge in [0.25, 0.3) is 0 Å². The number of hydrogen-bond acceptors (Lipinski definition) is 3. The second-order valence-corrected chi connectivity index (χ2v) is 7.39. The van der Waals surface area contributed by atoms with E-state index in [-0.39, 0.29) is 17.9 Å². The van der Waals surface area contributed by atoms with E-state index in [2.05, 4.69) is 21.6 Å². The third-order valence-corrected chi connectivity index (χ3v) is 5.38. The minimum Gasteiger partial charge on any atom is -0.370 e. The van der Waals surface area contributed by atoms with Crippen molar-refractivity contribution in [1.29, 1.82) is 0 Å². The zero-order valence-electron chi connectivity index (χ0n) is 14.5. The van der Waals surface area contributed by atoms with Crippen LogP contribution in [0.5, 0.6) is 0 Å². The van der Waals surface area contributed by atoms with Gasteiger partial charge in [-0.1, -0.05) is 12.1 Å². The van der Waals surface area contributed by atoms with E-state index in [9.17, 15) is 9.59 Å². The lowest BCUT2D eigenvalue weighted by Crippen LogP contribution is -2.35. The Kier molecular flexibility index (Phi) is 4.51. The Labute approximate surface area is 148 Å². The highest BCUT2D eigenvalue weighted by molar-refractivity contribution is 5.93. The van der Waals surface area contributed by atoms with Crippen molar-refractivity contribution in [1.82, 2.24) is 10.2 Å². The fourth-order valence-electron chi connectivity index (χ4n) is 3.90. The van der Waals surface area contributed by atoms with E-state index in [1.807, 2.05) is 23.1 Å². The maximum atomic E-state index is 12.3. The molecule has 1 aromatic rings. The number of rotatable bonds is 5. The molecule has 0 unspecified atom stereocenters. The topological polar surface area (TPSA) is 64.7 Å². The largest absolute Gasteiger partial charge is 0.370 e. The van der Waals surface area contributed by atoms with Crippen LogP contribution >= 0.6 is 0 Å². The predicted octanol–water partition coefficient (Wildman–Crippen LogP) is 2.42. The molecule has 1 aromatic carbocycles. The lowest BCUT2D eigenvalue weighted by atomic mass is 10.1. The number of nitrogens with one attached hydrogen (secondary N) is 2. The van der Waals surface area contributed by atoms with Gasteiger partial charge in [0, 0.05) is 44.6 Å². The summed E-state index contributed by atoms with van der Waals surface area (Å²) in [5, 5.41) is 5.92. The van der Waals surface area contributed by atoms with Crippen molar-refractivity contribution in [2.24, 2.45) is 5.92 Å². The van der Waals surface area contributed by atoms with Gasteiger partial charge in [-0.2, -0.15) is 0 Å². The van der Waals surface area contributed by atoms with Gasteiger partial charge < -0.3 is 20.4 Å². The summed E-state index contributed by atoms with van der Waals surface area (Å²) in [5.74, 6) is 0.474. The lowest BCUT2D eigenvalue weighted by Gasteiger charge is -2.22.